The minimum absolute atomic E-state index is 0.0315. The van der Waals surface area contributed by atoms with Crippen LogP contribution in [0.5, 0.6) is 5.75 Å². The number of ether oxygens (including phenoxy) is 2. The van der Waals surface area contributed by atoms with Gasteiger partial charge in [0.1, 0.15) is 11.8 Å². The van der Waals surface area contributed by atoms with Gasteiger partial charge in [0.25, 0.3) is 5.91 Å². The van der Waals surface area contributed by atoms with Crippen LogP contribution in [0.1, 0.15) is 45.1 Å². The van der Waals surface area contributed by atoms with Crippen molar-refractivity contribution < 1.29 is 32.3 Å². The second-order valence-corrected chi connectivity index (χ2v) is 10.1. The average molecular weight is 522 g/mol. The summed E-state index contributed by atoms with van der Waals surface area (Å²) < 4.78 is 38.0. The minimum atomic E-state index is -3.67. The lowest BCUT2D eigenvalue weighted by Gasteiger charge is -2.26. The van der Waals surface area contributed by atoms with Gasteiger partial charge >= 0.3 is 5.97 Å². The van der Waals surface area contributed by atoms with Crippen molar-refractivity contribution >= 4 is 39.4 Å². The van der Waals surface area contributed by atoms with Crippen molar-refractivity contribution in [3.05, 3.63) is 36.2 Å². The van der Waals surface area contributed by atoms with E-state index in [0.29, 0.717) is 35.8 Å². The van der Waals surface area contributed by atoms with Gasteiger partial charge in [-0.3, -0.25) is 19.7 Å². The number of hydrogen-bond donors (Lipinski definition) is 4. The van der Waals surface area contributed by atoms with E-state index in [2.05, 4.69) is 25.3 Å². The molecule has 1 aliphatic heterocycles. The molecule has 196 valence electrons. The quantitative estimate of drug-likeness (QED) is 0.289. The first-order valence-corrected chi connectivity index (χ1v) is 13.4. The molecule has 0 spiro atoms. The third-order valence-electron chi connectivity index (χ3n) is 5.35. The molecule has 2 amide bonds. The van der Waals surface area contributed by atoms with Crippen molar-refractivity contribution in [2.75, 3.05) is 23.0 Å². The summed E-state index contributed by atoms with van der Waals surface area (Å²) in [4.78, 5) is 43.7. The first kappa shape index (κ1) is 27.1. The number of fused-ring (bicyclic) bond motifs is 1. The van der Waals surface area contributed by atoms with Gasteiger partial charge in [-0.1, -0.05) is 19.4 Å². The number of carbonyl (C=O) groups excluding carboxylic acids is 3. The fraction of sp³-hybridized carbons (Fsp3) is 0.478. The third kappa shape index (κ3) is 7.78. The Bertz CT molecular complexity index is 1170. The third-order valence-corrected chi connectivity index (χ3v) is 6.82. The lowest BCUT2D eigenvalue weighted by atomic mass is 10.0. The molecule has 1 aliphatic rings. The van der Waals surface area contributed by atoms with Crippen molar-refractivity contribution in [1.29, 1.82) is 0 Å². The summed E-state index contributed by atoms with van der Waals surface area (Å²) in [6.45, 7) is 3.63. The number of nitrogens with one attached hydrogen (secondary N) is 4. The van der Waals surface area contributed by atoms with Gasteiger partial charge < -0.3 is 19.8 Å². The SMILES string of the molecule is CCCCS(=O)(=O)N[C@@H](Cc1ccc2c(c1)NC(=O)[C@@H](CCC(=O)Nc1ncc[nH]1)O2)C(=O)OCC. The number of rotatable bonds is 13. The molecule has 4 N–H and O–H groups in total. The smallest absolute Gasteiger partial charge is 0.324 e. The molecular formula is C23H31N5O7S. The fourth-order valence-corrected chi connectivity index (χ4v) is 4.97. The minimum Gasteiger partial charge on any atom is -0.478 e. The first-order valence-electron chi connectivity index (χ1n) is 11.8. The molecule has 1 aromatic heterocycles. The maximum atomic E-state index is 12.5. The largest absolute Gasteiger partial charge is 0.478 e. The zero-order valence-electron chi connectivity index (χ0n) is 20.2. The highest BCUT2D eigenvalue weighted by atomic mass is 32.2. The van der Waals surface area contributed by atoms with Crippen molar-refractivity contribution in [2.24, 2.45) is 0 Å². The molecule has 12 nitrogen and oxygen atoms in total. The highest BCUT2D eigenvalue weighted by molar-refractivity contribution is 7.89. The molecule has 2 heterocycles. The van der Waals surface area contributed by atoms with E-state index in [0.717, 1.165) is 0 Å². The van der Waals surface area contributed by atoms with Gasteiger partial charge in [-0.15, -0.1) is 0 Å². The molecule has 2 aromatic rings. The van der Waals surface area contributed by atoms with Crippen molar-refractivity contribution in [1.82, 2.24) is 14.7 Å². The summed E-state index contributed by atoms with van der Waals surface area (Å²) in [7, 11) is -3.67. The van der Waals surface area contributed by atoms with E-state index in [-0.39, 0.29) is 37.5 Å². The zero-order chi connectivity index (χ0) is 26.1. The van der Waals surface area contributed by atoms with E-state index in [9.17, 15) is 22.8 Å². The van der Waals surface area contributed by atoms with Crippen LogP contribution in [0.3, 0.4) is 0 Å². The van der Waals surface area contributed by atoms with Gasteiger partial charge in [0.2, 0.25) is 21.9 Å². The van der Waals surface area contributed by atoms with E-state index >= 15 is 0 Å². The normalized spacial score (nSPS) is 15.8. The van der Waals surface area contributed by atoms with Gasteiger partial charge in [-0.2, -0.15) is 0 Å². The van der Waals surface area contributed by atoms with Crippen LogP contribution in [0.25, 0.3) is 0 Å². The Labute approximate surface area is 209 Å². The number of aromatic nitrogens is 2. The molecule has 0 bridgehead atoms. The van der Waals surface area contributed by atoms with Crippen LogP contribution in [0.4, 0.5) is 11.6 Å². The van der Waals surface area contributed by atoms with Gasteiger partial charge in [0.15, 0.2) is 6.10 Å². The van der Waals surface area contributed by atoms with Crippen LogP contribution in [-0.2, 0) is 35.6 Å². The number of amides is 2. The number of anilines is 2. The number of H-pyrrole nitrogens is 1. The van der Waals surface area contributed by atoms with Crippen LogP contribution in [0.15, 0.2) is 30.6 Å². The highest BCUT2D eigenvalue weighted by Gasteiger charge is 2.30. The summed E-state index contributed by atoms with van der Waals surface area (Å²) in [5.74, 6) is -0.759. The number of imidazole rings is 1. The monoisotopic (exact) mass is 521 g/mol. The lowest BCUT2D eigenvalue weighted by Crippen LogP contribution is -2.44. The maximum Gasteiger partial charge on any atom is 0.324 e. The molecule has 0 saturated carbocycles. The molecule has 36 heavy (non-hydrogen) atoms. The zero-order valence-corrected chi connectivity index (χ0v) is 21.0. The molecule has 3 rings (SSSR count). The van der Waals surface area contributed by atoms with Crippen LogP contribution >= 0.6 is 0 Å². The lowest BCUT2D eigenvalue weighted by molar-refractivity contribution is -0.145. The number of nitrogens with zero attached hydrogens (tertiary/aromatic N) is 1. The Morgan fingerprint density at radius 2 is 2.08 bits per heavy atom. The average Bonchev–Trinajstić information content (AvgIpc) is 3.34. The highest BCUT2D eigenvalue weighted by Crippen LogP contribution is 2.32. The number of hydrogen-bond acceptors (Lipinski definition) is 8. The Hall–Kier alpha value is -3.45. The van der Waals surface area contributed by atoms with Crippen molar-refractivity contribution in [3.63, 3.8) is 0 Å². The standard InChI is InChI=1S/C23H31N5O7S/c1-3-5-12-36(32,33)28-17(22(31)34-4-2)14-15-6-7-18-16(13-15)26-21(30)19(35-18)8-9-20(29)27-23-24-10-11-25-23/h6-7,10-11,13,17,19,28H,3-5,8-9,12,14H2,1-2H3,(H,26,30)(H2,24,25,27,29)/t17-,19+/m0/s1. The molecular weight excluding hydrogens is 490 g/mol. The number of carbonyl (C=O) groups is 3. The molecule has 13 heteroatoms. The first-order chi connectivity index (χ1) is 17.2. The summed E-state index contributed by atoms with van der Waals surface area (Å²) >= 11 is 0. The molecule has 0 radical (unpaired) electrons. The van der Waals surface area contributed by atoms with E-state index < -0.39 is 34.0 Å². The number of aromatic amines is 1. The predicted octanol–water partition coefficient (Wildman–Crippen LogP) is 1.72. The Kier molecular flexibility index (Phi) is 9.42. The summed E-state index contributed by atoms with van der Waals surface area (Å²) in [5, 5.41) is 5.34. The number of sulfonamides is 1. The van der Waals surface area contributed by atoms with E-state index in [4.69, 9.17) is 9.47 Å². The van der Waals surface area contributed by atoms with Crippen LogP contribution < -0.4 is 20.1 Å². The maximum absolute atomic E-state index is 12.5. The van der Waals surface area contributed by atoms with E-state index in [1.165, 1.54) is 6.20 Å². The van der Waals surface area contributed by atoms with Gasteiger partial charge in [-0.25, -0.2) is 18.1 Å². The van der Waals surface area contributed by atoms with Crippen LogP contribution in [0.2, 0.25) is 0 Å². The van der Waals surface area contributed by atoms with Gasteiger partial charge in [0.05, 0.1) is 18.0 Å². The van der Waals surface area contributed by atoms with Crippen LogP contribution in [0, 0.1) is 0 Å². The predicted molar refractivity (Wildman–Crippen MR) is 132 cm³/mol. The molecule has 1 aromatic carbocycles. The van der Waals surface area contributed by atoms with Gasteiger partial charge in [0, 0.05) is 25.2 Å². The molecule has 0 fully saturated rings. The second kappa shape index (κ2) is 12.5. The molecule has 2 atom stereocenters. The molecule has 0 saturated heterocycles. The summed E-state index contributed by atoms with van der Waals surface area (Å²) in [5.41, 5.74) is 0.996. The number of esters is 1. The van der Waals surface area contributed by atoms with Crippen LogP contribution in [-0.4, -0.2) is 60.7 Å². The summed E-state index contributed by atoms with van der Waals surface area (Å²) in [6.07, 6.45) is 3.64. The molecule has 0 aliphatic carbocycles. The second-order valence-electron chi connectivity index (χ2n) is 8.25. The number of unbranched alkanes of at least 4 members (excludes halogenated alkanes) is 1. The number of benzene rings is 1. The summed E-state index contributed by atoms with van der Waals surface area (Å²) in [6, 6.07) is 3.84. The molecule has 0 unspecified atom stereocenters. The van der Waals surface area contributed by atoms with E-state index in [1.54, 1.807) is 31.3 Å². The van der Waals surface area contributed by atoms with E-state index in [1.807, 2.05) is 6.92 Å². The topological polar surface area (TPSA) is 169 Å². The Morgan fingerprint density at radius 3 is 2.78 bits per heavy atom. The Balaban J connectivity index is 1.64. The fourth-order valence-electron chi connectivity index (χ4n) is 3.57. The van der Waals surface area contributed by atoms with Crippen molar-refractivity contribution in [3.8, 4) is 5.75 Å². The van der Waals surface area contributed by atoms with Crippen molar-refractivity contribution in [2.45, 2.75) is 58.1 Å². The van der Waals surface area contributed by atoms with Gasteiger partial charge in [-0.05, 0) is 37.5 Å². The Morgan fingerprint density at radius 1 is 1.28 bits per heavy atom.